The smallest absolute Gasteiger partial charge is 0.341 e. The maximum Gasteiger partial charge on any atom is 0.341 e. The molecule has 0 fully saturated rings. The van der Waals surface area contributed by atoms with E-state index in [4.69, 9.17) is 19.5 Å². The van der Waals surface area contributed by atoms with Gasteiger partial charge in [0.15, 0.2) is 6.61 Å². The Morgan fingerprint density at radius 2 is 2.23 bits per heavy atom. The number of rotatable bonds is 8. The first kappa shape index (κ1) is 20.5. The number of hydrogen-bond donors (Lipinski definition) is 3. The molecule has 0 radical (unpaired) electrons. The standard InChI is InChI=1S/C22H20N4O5/c23-11-14-10-13(4-7-19(14)30-12-20(28)29)22-25-21(26-31-22)17-3-1-2-16-15(17)5-6-18(16)24-8-9-27/h1-4,7,10,18,24,27H,5-6,8-9,12H2,(H,28,29). The predicted octanol–water partition coefficient (Wildman–Crippen LogP) is 2.31. The highest BCUT2D eigenvalue weighted by atomic mass is 16.5. The number of ether oxygens (including phenoxy) is 1. The zero-order chi connectivity index (χ0) is 21.8. The second kappa shape index (κ2) is 8.95. The lowest BCUT2D eigenvalue weighted by atomic mass is 10.0. The fourth-order valence-corrected chi connectivity index (χ4v) is 3.78. The number of carboxylic acids is 1. The number of fused-ring (bicyclic) bond motifs is 1. The van der Waals surface area contributed by atoms with Crippen molar-refractivity contribution in [2.24, 2.45) is 0 Å². The molecule has 4 rings (SSSR count). The van der Waals surface area contributed by atoms with Crippen LogP contribution in [0.3, 0.4) is 0 Å². The monoisotopic (exact) mass is 420 g/mol. The summed E-state index contributed by atoms with van der Waals surface area (Å²) in [7, 11) is 0. The van der Waals surface area contributed by atoms with Gasteiger partial charge in [0, 0.05) is 23.7 Å². The summed E-state index contributed by atoms with van der Waals surface area (Å²) in [6, 6.07) is 12.8. The summed E-state index contributed by atoms with van der Waals surface area (Å²) >= 11 is 0. The van der Waals surface area contributed by atoms with E-state index in [-0.39, 0.29) is 29.9 Å². The zero-order valence-corrected chi connectivity index (χ0v) is 16.5. The molecule has 1 aromatic heterocycles. The van der Waals surface area contributed by atoms with Crippen LogP contribution in [0.1, 0.15) is 29.2 Å². The Morgan fingerprint density at radius 1 is 1.35 bits per heavy atom. The Balaban J connectivity index is 1.61. The van der Waals surface area contributed by atoms with Gasteiger partial charge < -0.3 is 24.8 Å². The number of nitrogens with zero attached hydrogens (tertiary/aromatic N) is 3. The molecule has 0 bridgehead atoms. The van der Waals surface area contributed by atoms with Crippen LogP contribution in [-0.4, -0.2) is 46.1 Å². The van der Waals surface area contributed by atoms with Crippen LogP contribution in [-0.2, 0) is 11.2 Å². The Morgan fingerprint density at radius 3 is 3.00 bits per heavy atom. The van der Waals surface area contributed by atoms with Crippen molar-refractivity contribution in [2.45, 2.75) is 18.9 Å². The third-order valence-corrected chi connectivity index (χ3v) is 5.14. The molecule has 1 unspecified atom stereocenters. The van der Waals surface area contributed by atoms with Crippen LogP contribution in [0.25, 0.3) is 22.8 Å². The van der Waals surface area contributed by atoms with Crippen LogP contribution in [0.15, 0.2) is 40.9 Å². The summed E-state index contributed by atoms with van der Waals surface area (Å²) in [6.45, 7) is 0.0879. The first-order chi connectivity index (χ1) is 15.1. The van der Waals surface area contributed by atoms with Crippen LogP contribution < -0.4 is 10.1 Å². The minimum atomic E-state index is -1.13. The summed E-state index contributed by atoms with van der Waals surface area (Å²) < 4.78 is 10.6. The molecule has 0 aliphatic heterocycles. The van der Waals surface area contributed by atoms with Crippen LogP contribution >= 0.6 is 0 Å². The van der Waals surface area contributed by atoms with Gasteiger partial charge >= 0.3 is 5.97 Å². The van der Waals surface area contributed by atoms with Crippen molar-refractivity contribution in [1.29, 1.82) is 5.26 Å². The molecule has 1 aliphatic rings. The van der Waals surface area contributed by atoms with Gasteiger partial charge in [-0.05, 0) is 42.2 Å². The molecular formula is C22H20N4O5. The first-order valence-corrected chi connectivity index (χ1v) is 9.80. The van der Waals surface area contributed by atoms with Gasteiger partial charge in [0.05, 0.1) is 12.2 Å². The molecule has 3 aromatic rings. The summed E-state index contributed by atoms with van der Waals surface area (Å²) in [4.78, 5) is 15.2. The zero-order valence-electron chi connectivity index (χ0n) is 16.5. The molecule has 0 saturated heterocycles. The summed E-state index contributed by atoms with van der Waals surface area (Å²) in [6.07, 6.45) is 1.80. The van der Waals surface area contributed by atoms with E-state index in [9.17, 15) is 10.1 Å². The van der Waals surface area contributed by atoms with E-state index in [1.807, 2.05) is 18.2 Å². The molecule has 9 nitrogen and oxygen atoms in total. The molecule has 3 N–H and O–H groups in total. The summed E-state index contributed by atoms with van der Waals surface area (Å²) in [5.41, 5.74) is 3.93. The second-order valence-corrected chi connectivity index (χ2v) is 7.07. The Hall–Kier alpha value is -3.74. The topological polar surface area (TPSA) is 142 Å². The number of aliphatic carboxylic acids is 1. The van der Waals surface area contributed by atoms with E-state index >= 15 is 0 Å². The number of carboxylic acid groups (broad SMARTS) is 1. The van der Waals surface area contributed by atoms with Gasteiger partial charge in [-0.25, -0.2) is 4.79 Å². The lowest BCUT2D eigenvalue weighted by Gasteiger charge is -2.13. The maximum absolute atomic E-state index is 10.7. The van der Waals surface area contributed by atoms with Crippen molar-refractivity contribution in [3.63, 3.8) is 0 Å². The highest BCUT2D eigenvalue weighted by molar-refractivity contribution is 5.69. The fourth-order valence-electron chi connectivity index (χ4n) is 3.78. The average Bonchev–Trinajstić information content (AvgIpc) is 3.43. The number of aliphatic hydroxyl groups excluding tert-OH is 1. The van der Waals surface area contributed by atoms with E-state index in [1.165, 1.54) is 17.7 Å². The fraction of sp³-hybridized carbons (Fsp3) is 0.273. The van der Waals surface area contributed by atoms with Gasteiger partial charge in [-0.15, -0.1) is 0 Å². The third kappa shape index (κ3) is 4.26. The molecule has 1 heterocycles. The predicted molar refractivity (Wildman–Crippen MR) is 109 cm³/mol. The molecule has 158 valence electrons. The van der Waals surface area contributed by atoms with Gasteiger partial charge in [-0.2, -0.15) is 10.2 Å². The third-order valence-electron chi connectivity index (χ3n) is 5.14. The lowest BCUT2D eigenvalue weighted by molar-refractivity contribution is -0.139. The van der Waals surface area contributed by atoms with Gasteiger partial charge in [0.25, 0.3) is 5.89 Å². The minimum absolute atomic E-state index is 0.0878. The summed E-state index contributed by atoms with van der Waals surface area (Å²) in [5.74, 6) is -0.240. The normalized spacial score (nSPS) is 14.8. The van der Waals surface area contributed by atoms with Crippen molar-refractivity contribution in [3.05, 3.63) is 53.1 Å². The van der Waals surface area contributed by atoms with Crippen molar-refractivity contribution >= 4 is 5.97 Å². The van der Waals surface area contributed by atoms with E-state index < -0.39 is 12.6 Å². The van der Waals surface area contributed by atoms with Crippen molar-refractivity contribution in [2.75, 3.05) is 19.8 Å². The highest BCUT2D eigenvalue weighted by Crippen LogP contribution is 2.37. The molecule has 31 heavy (non-hydrogen) atoms. The van der Waals surface area contributed by atoms with E-state index in [1.54, 1.807) is 6.07 Å². The minimum Gasteiger partial charge on any atom is -0.481 e. The van der Waals surface area contributed by atoms with Crippen molar-refractivity contribution < 1.29 is 24.3 Å². The SMILES string of the molecule is N#Cc1cc(-c2nc(-c3cccc4c3CCC4NCCO)no2)ccc1OCC(=O)O. The number of benzene rings is 2. The van der Waals surface area contributed by atoms with Crippen LogP contribution in [0, 0.1) is 11.3 Å². The second-order valence-electron chi connectivity index (χ2n) is 7.07. The number of hydrogen-bond acceptors (Lipinski definition) is 8. The number of aromatic nitrogens is 2. The molecular weight excluding hydrogens is 400 g/mol. The number of carbonyl (C=O) groups is 1. The average molecular weight is 420 g/mol. The maximum atomic E-state index is 10.7. The van der Waals surface area contributed by atoms with E-state index in [2.05, 4.69) is 21.5 Å². The number of aliphatic hydroxyl groups is 1. The molecule has 0 amide bonds. The lowest BCUT2D eigenvalue weighted by Crippen LogP contribution is -2.22. The van der Waals surface area contributed by atoms with Gasteiger partial charge in [0.1, 0.15) is 11.8 Å². The van der Waals surface area contributed by atoms with Crippen LogP contribution in [0.4, 0.5) is 0 Å². The van der Waals surface area contributed by atoms with E-state index in [0.717, 1.165) is 24.0 Å². The van der Waals surface area contributed by atoms with Gasteiger partial charge in [0.2, 0.25) is 5.82 Å². The Bertz CT molecular complexity index is 1150. The molecule has 9 heteroatoms. The Labute approximate surface area is 177 Å². The molecule has 0 spiro atoms. The first-order valence-electron chi connectivity index (χ1n) is 9.80. The quantitative estimate of drug-likeness (QED) is 0.500. The molecule has 1 aliphatic carbocycles. The number of nitrogens with one attached hydrogen (secondary N) is 1. The highest BCUT2D eigenvalue weighted by Gasteiger charge is 2.26. The van der Waals surface area contributed by atoms with Crippen molar-refractivity contribution in [1.82, 2.24) is 15.5 Å². The Kier molecular flexibility index (Phi) is 5.93. The van der Waals surface area contributed by atoms with Gasteiger partial charge in [-0.1, -0.05) is 23.4 Å². The van der Waals surface area contributed by atoms with E-state index in [0.29, 0.717) is 17.9 Å². The van der Waals surface area contributed by atoms with Gasteiger partial charge in [-0.3, -0.25) is 0 Å². The molecule has 0 saturated carbocycles. The van der Waals surface area contributed by atoms with Crippen molar-refractivity contribution in [3.8, 4) is 34.7 Å². The molecule has 1 atom stereocenters. The van der Waals surface area contributed by atoms with Crippen LogP contribution in [0.2, 0.25) is 0 Å². The number of nitriles is 1. The molecule has 2 aromatic carbocycles. The largest absolute Gasteiger partial charge is 0.481 e. The van der Waals surface area contributed by atoms with Crippen LogP contribution in [0.5, 0.6) is 5.75 Å². The summed E-state index contributed by atoms with van der Waals surface area (Å²) in [5, 5.41) is 34.7.